The van der Waals surface area contributed by atoms with Gasteiger partial charge in [0.15, 0.2) is 4.34 Å². The molecule has 32 heavy (non-hydrogen) atoms. The van der Waals surface area contributed by atoms with Crippen LogP contribution >= 0.6 is 50.4 Å². The number of aromatic nitrogens is 2. The Hall–Kier alpha value is -2.80. The molecule has 0 unspecified atom stereocenters. The van der Waals surface area contributed by atoms with Crippen LogP contribution in [-0.2, 0) is 5.75 Å². The number of anilines is 1. The summed E-state index contributed by atoms with van der Waals surface area (Å²) in [6.07, 6.45) is 1.11. The minimum atomic E-state index is -0.655. The van der Waals surface area contributed by atoms with Crippen LogP contribution in [0.5, 0.6) is 5.75 Å². The molecule has 4 aromatic rings. The van der Waals surface area contributed by atoms with Gasteiger partial charge < -0.3 is 9.15 Å². The summed E-state index contributed by atoms with van der Waals surface area (Å²) >= 11 is 7.13. The Morgan fingerprint density at radius 2 is 2.00 bits per heavy atom. The third-order valence-electron chi connectivity index (χ3n) is 3.84. The zero-order valence-electron chi connectivity index (χ0n) is 15.9. The zero-order valence-corrected chi connectivity index (χ0v) is 20.0. The summed E-state index contributed by atoms with van der Waals surface area (Å²) in [6, 6.07) is 11.3. The predicted molar refractivity (Wildman–Crippen MR) is 126 cm³/mol. The molecule has 0 aliphatic heterocycles. The molecule has 162 valence electrons. The molecule has 0 radical (unpaired) electrons. The van der Waals surface area contributed by atoms with Crippen LogP contribution in [0.2, 0.25) is 0 Å². The fraction of sp³-hybridized carbons (Fsp3) is 0.0500. The number of hydrogen-bond donors (Lipinski definition) is 1. The summed E-state index contributed by atoms with van der Waals surface area (Å²) in [5.41, 5.74) is -0.163. The molecule has 12 heteroatoms. The van der Waals surface area contributed by atoms with Crippen molar-refractivity contribution < 1.29 is 18.7 Å². The van der Waals surface area contributed by atoms with Crippen molar-refractivity contribution in [1.82, 2.24) is 10.2 Å². The first-order valence-electron chi connectivity index (χ1n) is 8.88. The van der Waals surface area contributed by atoms with E-state index in [-0.39, 0.29) is 11.7 Å². The third-order valence-corrected chi connectivity index (χ3v) is 7.24. The van der Waals surface area contributed by atoms with Crippen molar-refractivity contribution in [2.45, 2.75) is 10.1 Å². The maximum Gasteiger partial charge on any atom is 0.343 e. The average Bonchev–Trinajstić information content (AvgIpc) is 3.47. The number of thiophene rings is 1. The highest BCUT2D eigenvalue weighted by atomic mass is 79.9. The molecule has 8 nitrogen and oxygen atoms in total. The molecule has 0 fully saturated rings. The highest BCUT2D eigenvalue weighted by Gasteiger charge is 2.14. The van der Waals surface area contributed by atoms with Gasteiger partial charge >= 0.3 is 5.97 Å². The van der Waals surface area contributed by atoms with Gasteiger partial charge in [-0.15, -0.1) is 21.5 Å². The van der Waals surface area contributed by atoms with E-state index in [1.54, 1.807) is 36.4 Å². The van der Waals surface area contributed by atoms with Crippen molar-refractivity contribution in [2.24, 2.45) is 0 Å². The lowest BCUT2D eigenvalue weighted by Gasteiger charge is -2.04. The van der Waals surface area contributed by atoms with Crippen LogP contribution < -0.4 is 15.5 Å². The number of rotatable bonds is 7. The Labute approximate surface area is 201 Å². The number of ether oxygens (including phenoxy) is 1. The van der Waals surface area contributed by atoms with E-state index in [2.05, 4.69) is 31.4 Å². The minimum absolute atomic E-state index is 0.193. The number of nitrogens with one attached hydrogen (secondary N) is 1. The van der Waals surface area contributed by atoms with E-state index in [1.807, 2.05) is 5.38 Å². The first-order chi connectivity index (χ1) is 15.5. The van der Waals surface area contributed by atoms with E-state index in [1.165, 1.54) is 40.5 Å². The lowest BCUT2D eigenvalue weighted by Crippen LogP contribution is -2.14. The van der Waals surface area contributed by atoms with E-state index in [0.29, 0.717) is 31.4 Å². The number of amides is 1. The molecule has 0 aliphatic rings. The summed E-state index contributed by atoms with van der Waals surface area (Å²) in [5, 5.41) is 12.8. The Morgan fingerprint density at radius 1 is 1.19 bits per heavy atom. The Balaban J connectivity index is 1.33. The predicted octanol–water partition coefficient (Wildman–Crippen LogP) is 5.08. The minimum Gasteiger partial charge on any atom is -0.464 e. The van der Waals surface area contributed by atoms with Crippen molar-refractivity contribution in [2.75, 3.05) is 5.32 Å². The molecular formula is C20H12BrN3O5S3. The molecule has 0 saturated heterocycles. The van der Waals surface area contributed by atoms with E-state index >= 15 is 0 Å². The second-order valence-corrected chi connectivity index (χ2v) is 10.1. The molecule has 3 heterocycles. The number of benzene rings is 1. The summed E-state index contributed by atoms with van der Waals surface area (Å²) in [6.45, 7) is 0. The highest BCUT2D eigenvalue weighted by Crippen LogP contribution is 2.28. The van der Waals surface area contributed by atoms with E-state index in [4.69, 9.17) is 9.15 Å². The van der Waals surface area contributed by atoms with Crippen LogP contribution in [0.4, 0.5) is 5.13 Å². The lowest BCUT2D eigenvalue weighted by atomic mass is 10.2. The Kier molecular flexibility index (Phi) is 7.15. The zero-order chi connectivity index (χ0) is 22.5. The van der Waals surface area contributed by atoms with Crippen LogP contribution in [-0.4, -0.2) is 22.1 Å². The van der Waals surface area contributed by atoms with Crippen molar-refractivity contribution >= 4 is 67.4 Å². The van der Waals surface area contributed by atoms with Crippen molar-refractivity contribution in [3.8, 4) is 5.75 Å². The largest absolute Gasteiger partial charge is 0.464 e. The second-order valence-electron chi connectivity index (χ2n) is 6.06. The van der Waals surface area contributed by atoms with E-state index < -0.39 is 11.4 Å². The van der Waals surface area contributed by atoms with Crippen LogP contribution in [0.25, 0.3) is 0 Å². The van der Waals surface area contributed by atoms with Gasteiger partial charge in [0.1, 0.15) is 12.0 Å². The first kappa shape index (κ1) is 22.4. The Morgan fingerprint density at radius 3 is 2.72 bits per heavy atom. The van der Waals surface area contributed by atoms with Gasteiger partial charge in [0.25, 0.3) is 5.91 Å². The number of halogens is 1. The van der Waals surface area contributed by atoms with Crippen molar-refractivity contribution in [3.63, 3.8) is 0 Å². The maximum atomic E-state index is 12.3. The number of nitrogens with zero attached hydrogens (tertiary/aromatic N) is 2. The molecule has 4 rings (SSSR count). The van der Waals surface area contributed by atoms with Gasteiger partial charge in [0.05, 0.1) is 16.2 Å². The maximum absolute atomic E-state index is 12.3. The van der Waals surface area contributed by atoms with Crippen molar-refractivity contribution in [1.29, 1.82) is 0 Å². The number of carbonyl (C=O) groups is 2. The average molecular weight is 550 g/mol. The molecule has 0 atom stereocenters. The van der Waals surface area contributed by atoms with Crippen LogP contribution in [0, 0.1) is 0 Å². The van der Waals surface area contributed by atoms with Gasteiger partial charge in [0.2, 0.25) is 16.3 Å². The highest BCUT2D eigenvalue weighted by molar-refractivity contribution is 9.10. The molecule has 1 amide bonds. The number of thioether (sulfide) groups is 1. The molecular weight excluding hydrogens is 538 g/mol. The quantitative estimate of drug-likeness (QED) is 0.193. The van der Waals surface area contributed by atoms with Crippen LogP contribution in [0.15, 0.2) is 72.1 Å². The van der Waals surface area contributed by atoms with Gasteiger partial charge in [-0.3, -0.25) is 14.9 Å². The van der Waals surface area contributed by atoms with E-state index in [0.717, 1.165) is 10.7 Å². The molecule has 1 aromatic carbocycles. The molecule has 0 spiro atoms. The SMILES string of the molecule is O=C(Oc1coc(CSc2nnc(NC(=O)c3cccs3)s2)cc1=O)c1ccc(Br)cc1. The lowest BCUT2D eigenvalue weighted by molar-refractivity contribution is 0.0728. The second kappa shape index (κ2) is 10.2. The van der Waals surface area contributed by atoms with Gasteiger partial charge in [0, 0.05) is 10.5 Å². The molecule has 3 aromatic heterocycles. The topological polar surface area (TPSA) is 111 Å². The standard InChI is InChI=1S/C20H12BrN3O5S3/c21-12-5-3-11(4-6-12)18(27)29-15-9-28-13(8-14(15)25)10-31-20-24-23-19(32-20)22-17(26)16-2-1-7-30-16/h1-9H,10H2,(H,22,23,26). The smallest absolute Gasteiger partial charge is 0.343 e. The number of esters is 1. The molecule has 0 bridgehead atoms. The van der Waals surface area contributed by atoms with Gasteiger partial charge in [-0.05, 0) is 35.7 Å². The molecule has 0 aliphatic carbocycles. The van der Waals surface area contributed by atoms with Crippen LogP contribution in [0.1, 0.15) is 25.8 Å². The normalized spacial score (nSPS) is 10.7. The fourth-order valence-corrected chi connectivity index (χ4v) is 4.87. The van der Waals surface area contributed by atoms with Gasteiger partial charge in [-0.2, -0.15) is 0 Å². The molecule has 1 N–H and O–H groups in total. The van der Waals surface area contributed by atoms with Gasteiger partial charge in [-0.25, -0.2) is 4.79 Å². The fourth-order valence-electron chi connectivity index (χ4n) is 2.35. The van der Waals surface area contributed by atoms with Gasteiger partial charge in [-0.1, -0.05) is 45.1 Å². The third kappa shape index (κ3) is 5.71. The number of hydrogen-bond acceptors (Lipinski definition) is 10. The Bertz CT molecular complexity index is 1300. The number of carbonyl (C=O) groups excluding carboxylic acids is 2. The van der Waals surface area contributed by atoms with Crippen LogP contribution in [0.3, 0.4) is 0 Å². The summed E-state index contributed by atoms with van der Waals surface area (Å²) in [4.78, 5) is 37.1. The van der Waals surface area contributed by atoms with Crippen molar-refractivity contribution in [3.05, 3.63) is 85.0 Å². The summed E-state index contributed by atoms with van der Waals surface area (Å²) in [7, 11) is 0. The summed E-state index contributed by atoms with van der Waals surface area (Å²) < 4.78 is 12.0. The van der Waals surface area contributed by atoms with E-state index in [9.17, 15) is 14.4 Å². The first-order valence-corrected chi connectivity index (χ1v) is 12.4. The molecule has 0 saturated carbocycles. The summed E-state index contributed by atoms with van der Waals surface area (Å²) in [5.74, 6) is -0.405. The monoisotopic (exact) mass is 549 g/mol.